The molecule has 16 heavy (non-hydrogen) atoms. The minimum absolute atomic E-state index is 1.15. The van der Waals surface area contributed by atoms with Crippen LogP contribution in [0.5, 0.6) is 0 Å². The smallest absolute Gasteiger partial charge is 0.128 e. The van der Waals surface area contributed by atoms with Gasteiger partial charge in [0, 0.05) is 26.2 Å². The lowest BCUT2D eigenvalue weighted by atomic mass is 10.3. The fourth-order valence-corrected chi connectivity index (χ4v) is 2.67. The van der Waals surface area contributed by atoms with Gasteiger partial charge in [0.25, 0.3) is 0 Å². The van der Waals surface area contributed by atoms with E-state index < -0.39 is 0 Å². The highest BCUT2D eigenvalue weighted by atomic mass is 15.2. The van der Waals surface area contributed by atoms with E-state index in [1.54, 1.807) is 0 Å². The molecular weight excluding hydrogens is 198 g/mol. The molecule has 3 rings (SSSR count). The molecule has 0 bridgehead atoms. The van der Waals surface area contributed by atoms with Crippen molar-refractivity contribution in [1.82, 2.24) is 4.98 Å². The topological polar surface area (TPSA) is 19.4 Å². The van der Waals surface area contributed by atoms with Crippen LogP contribution in [0.3, 0.4) is 0 Å². The van der Waals surface area contributed by atoms with E-state index in [1.807, 2.05) is 6.20 Å². The molecule has 0 amide bonds. The van der Waals surface area contributed by atoms with Crippen LogP contribution in [0, 0.1) is 0 Å². The summed E-state index contributed by atoms with van der Waals surface area (Å²) in [5, 5.41) is 0. The van der Waals surface area contributed by atoms with Crippen LogP contribution >= 0.6 is 0 Å². The van der Waals surface area contributed by atoms with Crippen molar-refractivity contribution < 1.29 is 0 Å². The van der Waals surface area contributed by atoms with Crippen LogP contribution in [-0.2, 0) is 0 Å². The molecule has 0 saturated carbocycles. The lowest BCUT2D eigenvalue weighted by Gasteiger charge is -2.20. The SMILES string of the molecule is c1cc(N2CCCC2)ncc1N1CCCC1. The minimum Gasteiger partial charge on any atom is -0.370 e. The quantitative estimate of drug-likeness (QED) is 0.757. The van der Waals surface area contributed by atoms with E-state index >= 15 is 0 Å². The molecule has 86 valence electrons. The summed E-state index contributed by atoms with van der Waals surface area (Å²) in [5.41, 5.74) is 1.29. The predicted molar refractivity (Wildman–Crippen MR) is 67.1 cm³/mol. The van der Waals surface area contributed by atoms with Crippen molar-refractivity contribution in [2.45, 2.75) is 25.7 Å². The van der Waals surface area contributed by atoms with Crippen molar-refractivity contribution in [3.63, 3.8) is 0 Å². The van der Waals surface area contributed by atoms with Gasteiger partial charge >= 0.3 is 0 Å². The maximum atomic E-state index is 4.59. The Kier molecular flexibility index (Phi) is 2.68. The van der Waals surface area contributed by atoms with Crippen LogP contribution in [0.15, 0.2) is 18.3 Å². The zero-order chi connectivity index (χ0) is 10.8. The van der Waals surface area contributed by atoms with Gasteiger partial charge in [-0.3, -0.25) is 0 Å². The van der Waals surface area contributed by atoms with Crippen LogP contribution in [0.1, 0.15) is 25.7 Å². The lowest BCUT2D eigenvalue weighted by Crippen LogP contribution is -2.20. The molecule has 0 N–H and O–H groups in total. The molecule has 0 aromatic carbocycles. The molecule has 2 saturated heterocycles. The number of hydrogen-bond acceptors (Lipinski definition) is 3. The first kappa shape index (κ1) is 9.94. The number of aromatic nitrogens is 1. The van der Waals surface area contributed by atoms with E-state index in [4.69, 9.17) is 0 Å². The van der Waals surface area contributed by atoms with E-state index in [2.05, 4.69) is 26.9 Å². The second-order valence-corrected chi connectivity index (χ2v) is 4.76. The molecule has 3 heterocycles. The van der Waals surface area contributed by atoms with Crippen LogP contribution in [-0.4, -0.2) is 31.2 Å². The monoisotopic (exact) mass is 217 g/mol. The van der Waals surface area contributed by atoms with E-state index in [9.17, 15) is 0 Å². The van der Waals surface area contributed by atoms with Gasteiger partial charge in [-0.15, -0.1) is 0 Å². The average molecular weight is 217 g/mol. The number of anilines is 2. The minimum atomic E-state index is 1.15. The Hall–Kier alpha value is -1.25. The second kappa shape index (κ2) is 4.32. The highest BCUT2D eigenvalue weighted by Gasteiger charge is 2.15. The molecular formula is C13H19N3. The second-order valence-electron chi connectivity index (χ2n) is 4.76. The van der Waals surface area contributed by atoms with Gasteiger partial charge in [0.05, 0.1) is 11.9 Å². The van der Waals surface area contributed by atoms with E-state index in [0.29, 0.717) is 0 Å². The van der Waals surface area contributed by atoms with Crippen molar-refractivity contribution in [2.75, 3.05) is 36.0 Å². The van der Waals surface area contributed by atoms with E-state index in [0.717, 1.165) is 5.82 Å². The van der Waals surface area contributed by atoms with Crippen molar-refractivity contribution in [1.29, 1.82) is 0 Å². The summed E-state index contributed by atoms with van der Waals surface area (Å²) in [6, 6.07) is 4.41. The standard InChI is InChI=1S/C13H19N3/c1-2-8-15(7-1)12-5-6-13(14-11-12)16-9-3-4-10-16/h5-6,11H,1-4,7-10H2. The maximum Gasteiger partial charge on any atom is 0.128 e. The molecule has 2 fully saturated rings. The molecule has 3 nitrogen and oxygen atoms in total. The van der Waals surface area contributed by atoms with Crippen molar-refractivity contribution in [2.24, 2.45) is 0 Å². The van der Waals surface area contributed by atoms with Crippen LogP contribution in [0.25, 0.3) is 0 Å². The van der Waals surface area contributed by atoms with Crippen LogP contribution in [0.2, 0.25) is 0 Å². The molecule has 2 aliphatic heterocycles. The summed E-state index contributed by atoms with van der Waals surface area (Å²) in [6.45, 7) is 4.75. The molecule has 0 radical (unpaired) electrons. The third-order valence-electron chi connectivity index (χ3n) is 3.63. The zero-order valence-electron chi connectivity index (χ0n) is 9.73. The van der Waals surface area contributed by atoms with Crippen molar-refractivity contribution in [3.8, 4) is 0 Å². The van der Waals surface area contributed by atoms with Gasteiger partial charge in [0.2, 0.25) is 0 Å². The molecule has 0 spiro atoms. The first-order valence-electron chi connectivity index (χ1n) is 6.39. The lowest BCUT2D eigenvalue weighted by molar-refractivity contribution is 0.924. The van der Waals surface area contributed by atoms with Gasteiger partial charge in [-0.25, -0.2) is 4.98 Å². The Balaban J connectivity index is 1.73. The van der Waals surface area contributed by atoms with Gasteiger partial charge < -0.3 is 9.80 Å². The molecule has 2 aliphatic rings. The number of rotatable bonds is 2. The summed E-state index contributed by atoms with van der Waals surface area (Å²) in [5.74, 6) is 1.15. The highest BCUT2D eigenvalue weighted by Crippen LogP contribution is 2.23. The Bertz CT molecular complexity index is 300. The average Bonchev–Trinajstić information content (AvgIpc) is 3.03. The number of nitrogens with zero attached hydrogens (tertiary/aromatic N) is 3. The number of pyridine rings is 1. The Labute approximate surface area is 97.1 Å². The maximum absolute atomic E-state index is 4.59. The third-order valence-corrected chi connectivity index (χ3v) is 3.63. The summed E-state index contributed by atoms with van der Waals surface area (Å²) in [4.78, 5) is 9.40. The molecule has 1 aromatic heterocycles. The van der Waals surface area contributed by atoms with Crippen LogP contribution in [0.4, 0.5) is 11.5 Å². The third kappa shape index (κ3) is 1.86. The Morgan fingerprint density at radius 2 is 1.44 bits per heavy atom. The summed E-state index contributed by atoms with van der Waals surface area (Å²) >= 11 is 0. The largest absolute Gasteiger partial charge is 0.370 e. The first-order chi connectivity index (χ1) is 7.93. The molecule has 1 aromatic rings. The van der Waals surface area contributed by atoms with Gasteiger partial charge in [-0.2, -0.15) is 0 Å². The number of hydrogen-bond donors (Lipinski definition) is 0. The predicted octanol–water partition coefficient (Wildman–Crippen LogP) is 2.28. The van der Waals surface area contributed by atoms with Gasteiger partial charge in [-0.05, 0) is 37.8 Å². The first-order valence-corrected chi connectivity index (χ1v) is 6.39. The fourth-order valence-electron chi connectivity index (χ4n) is 2.67. The summed E-state index contributed by atoms with van der Waals surface area (Å²) < 4.78 is 0. The normalized spacial score (nSPS) is 20.8. The van der Waals surface area contributed by atoms with E-state index in [-0.39, 0.29) is 0 Å². The molecule has 0 unspecified atom stereocenters. The Morgan fingerprint density at radius 3 is 2.00 bits per heavy atom. The summed E-state index contributed by atoms with van der Waals surface area (Å²) in [7, 11) is 0. The fraction of sp³-hybridized carbons (Fsp3) is 0.615. The van der Waals surface area contributed by atoms with Crippen LogP contribution < -0.4 is 9.80 Å². The Morgan fingerprint density at radius 1 is 0.812 bits per heavy atom. The van der Waals surface area contributed by atoms with Crippen molar-refractivity contribution in [3.05, 3.63) is 18.3 Å². The van der Waals surface area contributed by atoms with E-state index in [1.165, 1.54) is 57.5 Å². The molecule has 0 aliphatic carbocycles. The summed E-state index contributed by atoms with van der Waals surface area (Å²) in [6.07, 6.45) is 7.33. The molecule has 0 atom stereocenters. The van der Waals surface area contributed by atoms with Gasteiger partial charge in [0.1, 0.15) is 5.82 Å². The van der Waals surface area contributed by atoms with Crippen molar-refractivity contribution >= 4 is 11.5 Å². The molecule has 3 heteroatoms. The zero-order valence-corrected chi connectivity index (χ0v) is 9.73. The highest BCUT2D eigenvalue weighted by molar-refractivity contribution is 5.51. The van der Waals surface area contributed by atoms with Gasteiger partial charge in [0.15, 0.2) is 0 Å². The van der Waals surface area contributed by atoms with Gasteiger partial charge in [-0.1, -0.05) is 0 Å².